The maximum atomic E-state index is 13.5. The molecule has 3 amide bonds. The number of urea groups is 1. The lowest BCUT2D eigenvalue weighted by atomic mass is 10.00. The number of hydrogen-bond donors (Lipinski definition) is 2. The number of carbonyl (C=O) groups is 2. The molecule has 3 atom stereocenters. The number of nitrogens with one attached hydrogen (secondary N) is 1. The Morgan fingerprint density at radius 2 is 2.16 bits per heavy atom. The largest absolute Gasteiger partial charge is 0.495 e. The summed E-state index contributed by atoms with van der Waals surface area (Å²) in [6, 6.07) is 8.14. The fraction of sp³-hybridized carbons (Fsp3) is 0.464. The number of carbonyl (C=O) groups excluding carboxylic acids is 2. The van der Waals surface area contributed by atoms with Gasteiger partial charge < -0.3 is 29.7 Å². The van der Waals surface area contributed by atoms with Crippen molar-refractivity contribution in [2.24, 2.45) is 5.92 Å². The molecule has 9 nitrogen and oxygen atoms in total. The number of hydrogen-bond acceptors (Lipinski definition) is 6. The highest BCUT2D eigenvalue weighted by Gasteiger charge is 2.34. The van der Waals surface area contributed by atoms with E-state index < -0.39 is 12.1 Å². The van der Waals surface area contributed by atoms with E-state index in [4.69, 9.17) is 9.47 Å². The first-order chi connectivity index (χ1) is 17.8. The van der Waals surface area contributed by atoms with E-state index in [0.717, 1.165) is 12.8 Å². The van der Waals surface area contributed by atoms with Crippen molar-refractivity contribution in [2.75, 3.05) is 39.2 Å². The molecule has 0 saturated heterocycles. The van der Waals surface area contributed by atoms with Crippen molar-refractivity contribution in [3.05, 3.63) is 47.7 Å². The van der Waals surface area contributed by atoms with Gasteiger partial charge in [0.1, 0.15) is 17.4 Å². The van der Waals surface area contributed by atoms with Crippen LogP contribution in [-0.4, -0.2) is 77.8 Å². The van der Waals surface area contributed by atoms with Gasteiger partial charge in [0, 0.05) is 37.7 Å². The van der Waals surface area contributed by atoms with Crippen LogP contribution in [0.2, 0.25) is 0 Å². The van der Waals surface area contributed by atoms with Crippen molar-refractivity contribution in [3.8, 4) is 23.5 Å². The van der Waals surface area contributed by atoms with E-state index in [1.54, 1.807) is 50.4 Å². The minimum atomic E-state index is -0.460. The molecule has 0 radical (unpaired) electrons. The first kappa shape index (κ1) is 27.8. The molecule has 198 valence electrons. The second-order valence-corrected chi connectivity index (χ2v) is 9.26. The van der Waals surface area contributed by atoms with Crippen LogP contribution in [0, 0.1) is 17.8 Å². The highest BCUT2D eigenvalue weighted by Crippen LogP contribution is 2.28. The fourth-order valence-electron chi connectivity index (χ4n) is 3.99. The SMILES string of the molecule is CCCC#Cc1cnc2c(c1)C(=O)N([C@@H](C)CO)C[C@@H](C)[C@@H](CN(C)C(=O)Nc1ccccc1OC)O2. The summed E-state index contributed by atoms with van der Waals surface area (Å²) in [5.74, 6) is 6.45. The minimum absolute atomic E-state index is 0.154. The first-order valence-corrected chi connectivity index (χ1v) is 12.5. The monoisotopic (exact) mass is 508 g/mol. The van der Waals surface area contributed by atoms with E-state index in [-0.39, 0.29) is 36.9 Å². The van der Waals surface area contributed by atoms with Gasteiger partial charge in [0.25, 0.3) is 5.91 Å². The molecule has 1 aliphatic heterocycles. The molecule has 0 aliphatic carbocycles. The van der Waals surface area contributed by atoms with E-state index in [9.17, 15) is 14.7 Å². The Morgan fingerprint density at radius 3 is 2.86 bits per heavy atom. The number of rotatable bonds is 7. The molecule has 2 aromatic rings. The number of ether oxygens (including phenoxy) is 2. The molecule has 0 fully saturated rings. The average Bonchev–Trinajstić information content (AvgIpc) is 2.90. The molecule has 0 bridgehead atoms. The highest BCUT2D eigenvalue weighted by molar-refractivity contribution is 5.97. The summed E-state index contributed by atoms with van der Waals surface area (Å²) in [5, 5.41) is 12.7. The number of nitrogens with zero attached hydrogens (tertiary/aromatic N) is 3. The van der Waals surface area contributed by atoms with Gasteiger partial charge in [-0.15, -0.1) is 0 Å². The number of aliphatic hydroxyl groups excluding tert-OH is 1. The summed E-state index contributed by atoms with van der Waals surface area (Å²) in [6.45, 7) is 6.22. The van der Waals surface area contributed by atoms with Crippen LogP contribution in [0.4, 0.5) is 10.5 Å². The molecule has 2 N–H and O–H groups in total. The highest BCUT2D eigenvalue weighted by atomic mass is 16.5. The molecule has 9 heteroatoms. The van der Waals surface area contributed by atoms with E-state index >= 15 is 0 Å². The zero-order valence-corrected chi connectivity index (χ0v) is 22.2. The van der Waals surface area contributed by atoms with Gasteiger partial charge in [-0.2, -0.15) is 0 Å². The number of para-hydroxylation sites is 2. The lowest BCUT2D eigenvalue weighted by molar-refractivity contribution is 0.0356. The molecule has 0 unspecified atom stereocenters. The number of methoxy groups -OCH3 is 1. The van der Waals surface area contributed by atoms with E-state index in [0.29, 0.717) is 29.1 Å². The fourth-order valence-corrected chi connectivity index (χ4v) is 3.99. The maximum absolute atomic E-state index is 13.5. The van der Waals surface area contributed by atoms with Gasteiger partial charge in [-0.25, -0.2) is 9.78 Å². The second kappa shape index (κ2) is 13.0. The van der Waals surface area contributed by atoms with Crippen molar-refractivity contribution in [2.45, 2.75) is 45.8 Å². The lowest BCUT2D eigenvalue weighted by Crippen LogP contribution is -2.50. The molecular formula is C28H36N4O5. The molecule has 1 aromatic carbocycles. The summed E-state index contributed by atoms with van der Waals surface area (Å²) < 4.78 is 11.6. The number of pyridine rings is 1. The van der Waals surface area contributed by atoms with Gasteiger partial charge in [-0.05, 0) is 31.5 Å². The van der Waals surface area contributed by atoms with Crippen molar-refractivity contribution in [3.63, 3.8) is 0 Å². The molecule has 37 heavy (non-hydrogen) atoms. The number of amides is 3. The number of unbranched alkanes of at least 4 members (excludes halogenated alkanes) is 1. The van der Waals surface area contributed by atoms with Gasteiger partial charge in [-0.1, -0.05) is 37.8 Å². The topological polar surface area (TPSA) is 104 Å². The number of aliphatic hydroxyl groups is 1. The lowest BCUT2D eigenvalue weighted by Gasteiger charge is -2.37. The van der Waals surface area contributed by atoms with Crippen LogP contribution in [0.3, 0.4) is 0 Å². The van der Waals surface area contributed by atoms with Crippen LogP contribution in [-0.2, 0) is 0 Å². The van der Waals surface area contributed by atoms with Crippen LogP contribution in [0.25, 0.3) is 0 Å². The normalized spacial score (nSPS) is 17.8. The number of likely N-dealkylation sites (N-methyl/N-ethyl adjacent to an activating group) is 1. The van der Waals surface area contributed by atoms with Gasteiger partial charge in [0.05, 0.1) is 32.0 Å². The third-order valence-electron chi connectivity index (χ3n) is 6.28. The van der Waals surface area contributed by atoms with Crippen molar-refractivity contribution in [1.82, 2.24) is 14.8 Å². The minimum Gasteiger partial charge on any atom is -0.495 e. The first-order valence-electron chi connectivity index (χ1n) is 12.5. The van der Waals surface area contributed by atoms with Gasteiger partial charge in [0.2, 0.25) is 5.88 Å². The van der Waals surface area contributed by atoms with Crippen molar-refractivity contribution < 1.29 is 24.2 Å². The average molecular weight is 509 g/mol. The van der Waals surface area contributed by atoms with Crippen molar-refractivity contribution in [1.29, 1.82) is 0 Å². The van der Waals surface area contributed by atoms with Crippen LogP contribution >= 0.6 is 0 Å². The zero-order chi connectivity index (χ0) is 26.9. The van der Waals surface area contributed by atoms with Crippen molar-refractivity contribution >= 4 is 17.6 Å². The predicted octanol–water partition coefficient (Wildman–Crippen LogP) is 3.63. The molecule has 1 aliphatic rings. The summed E-state index contributed by atoms with van der Waals surface area (Å²) in [6.07, 6.45) is 2.82. The van der Waals surface area contributed by atoms with E-state index in [1.165, 1.54) is 4.90 Å². The molecule has 2 heterocycles. The third kappa shape index (κ3) is 6.92. The zero-order valence-electron chi connectivity index (χ0n) is 22.2. The quantitative estimate of drug-likeness (QED) is 0.554. The molecule has 0 saturated carbocycles. The van der Waals surface area contributed by atoms with Gasteiger partial charge >= 0.3 is 6.03 Å². The Morgan fingerprint density at radius 1 is 1.41 bits per heavy atom. The predicted molar refractivity (Wildman–Crippen MR) is 142 cm³/mol. The van der Waals surface area contributed by atoms with E-state index in [2.05, 4.69) is 22.1 Å². The standard InChI is InChI=1S/C28H36N4O5/c1-6-7-8-11-21-14-22-26(29-15-21)37-25(19(2)16-32(27(22)34)20(3)18-33)17-31(4)28(35)30-23-12-9-10-13-24(23)36-5/h9-10,12-15,19-20,25,33H,6-7,16-18H2,1-5H3,(H,30,35)/t19-,20+,25-/m1/s1. The number of aromatic nitrogens is 1. The van der Waals surface area contributed by atoms with Crippen LogP contribution in [0.15, 0.2) is 36.5 Å². The summed E-state index contributed by atoms with van der Waals surface area (Å²) >= 11 is 0. The smallest absolute Gasteiger partial charge is 0.321 e. The Balaban J connectivity index is 1.87. The Kier molecular flexibility index (Phi) is 9.75. The Bertz CT molecular complexity index is 1160. The number of fused-ring (bicyclic) bond motifs is 1. The molecule has 0 spiro atoms. The molecule has 3 rings (SSSR count). The third-order valence-corrected chi connectivity index (χ3v) is 6.28. The number of anilines is 1. The maximum Gasteiger partial charge on any atom is 0.321 e. The molecular weight excluding hydrogens is 472 g/mol. The Labute approximate surface area is 218 Å². The number of benzene rings is 1. The summed E-state index contributed by atoms with van der Waals surface area (Å²) in [7, 11) is 3.23. The van der Waals surface area contributed by atoms with Crippen LogP contribution in [0.1, 0.15) is 49.5 Å². The van der Waals surface area contributed by atoms with Gasteiger partial charge in [-0.3, -0.25) is 4.79 Å². The van der Waals surface area contributed by atoms with Gasteiger partial charge in [0.15, 0.2) is 0 Å². The Hall–Kier alpha value is -3.77. The summed E-state index contributed by atoms with van der Waals surface area (Å²) in [5.41, 5.74) is 1.48. The second-order valence-electron chi connectivity index (χ2n) is 9.26. The summed E-state index contributed by atoms with van der Waals surface area (Å²) in [4.78, 5) is 34.0. The van der Waals surface area contributed by atoms with Crippen LogP contribution in [0.5, 0.6) is 11.6 Å². The molecule has 1 aromatic heterocycles. The van der Waals surface area contributed by atoms with E-state index in [1.807, 2.05) is 26.0 Å². The van der Waals surface area contributed by atoms with Crippen LogP contribution < -0.4 is 14.8 Å².